The number of amides is 4. The van der Waals surface area contributed by atoms with E-state index in [0.717, 1.165) is 30.0 Å². The molecule has 2 aromatic rings. The van der Waals surface area contributed by atoms with E-state index in [1.807, 2.05) is 72.0 Å². The summed E-state index contributed by atoms with van der Waals surface area (Å²) in [6, 6.07) is 5.40. The second-order valence-corrected chi connectivity index (χ2v) is 18.1. The molecule has 11 nitrogen and oxygen atoms in total. The summed E-state index contributed by atoms with van der Waals surface area (Å²) in [7, 11) is 0. The van der Waals surface area contributed by atoms with Crippen LogP contribution in [-0.4, -0.2) is 75.2 Å². The van der Waals surface area contributed by atoms with Gasteiger partial charge in [-0.3, -0.25) is 24.0 Å². The van der Waals surface area contributed by atoms with Gasteiger partial charge in [-0.15, -0.1) is 6.58 Å². The van der Waals surface area contributed by atoms with Crippen LogP contribution < -0.4 is 16.0 Å². The average molecular weight is 718 g/mol. The van der Waals surface area contributed by atoms with Crippen molar-refractivity contribution in [3.05, 3.63) is 43.1 Å². The van der Waals surface area contributed by atoms with Gasteiger partial charge in [0.05, 0.1) is 18.0 Å². The van der Waals surface area contributed by atoms with Gasteiger partial charge in [-0.05, 0) is 46.5 Å². The third-order valence-corrected chi connectivity index (χ3v) is 12.1. The molecule has 5 rings (SSSR count). The highest BCUT2D eigenvalue weighted by Gasteiger charge is 2.69. The van der Waals surface area contributed by atoms with E-state index in [1.165, 1.54) is 6.08 Å². The number of carbonyl (C=O) groups excluding carboxylic acids is 5. The second kappa shape index (κ2) is 14.7. The number of aromatic hydroxyl groups is 1. The standard InChI is InChI=1S/C41H59N5O6/c1-10-18-42-36(50)34(48)29(19-24-14-13-15-24)43-35(49)33-32-28(41(32,8)9)22-46(33)38(52)27(39(2,3)4)20-31(47)44-30(40(5,6)7)23-45-21-25-16-11-12-17-26(25)37(45)51/h10-12,16-17,21,24,27-30,32-33,51H,1,13-15,18-20,22-23H2,2-9H3,(H,42,50)(H,43,49)(H,44,47)/t27-,28+,29?,30-,32+,33+/m1/s1. The summed E-state index contributed by atoms with van der Waals surface area (Å²) in [6.45, 7) is 20.5. The number of carbonyl (C=O) groups is 5. The molecule has 3 aliphatic rings. The molecule has 4 N–H and O–H groups in total. The summed E-state index contributed by atoms with van der Waals surface area (Å²) in [6.07, 6.45) is 6.59. The fourth-order valence-electron chi connectivity index (χ4n) is 8.25. The lowest BCUT2D eigenvalue weighted by Gasteiger charge is -2.38. The van der Waals surface area contributed by atoms with Crippen molar-refractivity contribution in [2.24, 2.45) is 39.9 Å². The lowest BCUT2D eigenvalue weighted by Crippen LogP contribution is -2.57. The molecule has 0 radical (unpaired) electrons. The van der Waals surface area contributed by atoms with Crippen LogP contribution in [0.3, 0.4) is 0 Å². The minimum absolute atomic E-state index is 0.0790. The van der Waals surface area contributed by atoms with E-state index >= 15 is 0 Å². The minimum Gasteiger partial charge on any atom is -0.494 e. The van der Waals surface area contributed by atoms with Crippen molar-refractivity contribution in [1.29, 1.82) is 0 Å². The maximum absolute atomic E-state index is 14.6. The van der Waals surface area contributed by atoms with Gasteiger partial charge >= 0.3 is 0 Å². The molecule has 6 atom stereocenters. The number of nitrogens with one attached hydrogen (secondary N) is 3. The molecule has 1 unspecified atom stereocenters. The van der Waals surface area contributed by atoms with E-state index in [9.17, 15) is 29.1 Å². The first-order valence-electron chi connectivity index (χ1n) is 18.9. The van der Waals surface area contributed by atoms with Crippen molar-refractivity contribution in [2.45, 2.75) is 112 Å². The zero-order valence-corrected chi connectivity index (χ0v) is 32.3. The largest absolute Gasteiger partial charge is 0.494 e. The molecular formula is C41H59N5O6. The summed E-state index contributed by atoms with van der Waals surface area (Å²) >= 11 is 0. The predicted octanol–water partition coefficient (Wildman–Crippen LogP) is 4.96. The molecule has 284 valence electrons. The number of Topliss-reactive ketones (excluding diaryl/α,β-unsaturated/α-hetero) is 1. The number of nitrogens with zero attached hydrogens (tertiary/aromatic N) is 2. The van der Waals surface area contributed by atoms with Crippen LogP contribution in [0.5, 0.6) is 5.88 Å². The summed E-state index contributed by atoms with van der Waals surface area (Å²) in [5.41, 5.74) is -1.16. The second-order valence-electron chi connectivity index (χ2n) is 18.1. The van der Waals surface area contributed by atoms with Crippen molar-refractivity contribution in [3.8, 4) is 5.88 Å². The molecule has 1 aliphatic heterocycles. The zero-order valence-electron chi connectivity index (χ0n) is 32.3. The number of likely N-dealkylation sites (tertiary alicyclic amines) is 1. The minimum atomic E-state index is -0.990. The van der Waals surface area contributed by atoms with E-state index in [4.69, 9.17) is 0 Å². The number of piperidine rings is 1. The first-order valence-corrected chi connectivity index (χ1v) is 18.9. The number of rotatable bonds is 14. The first-order chi connectivity index (χ1) is 24.2. The molecule has 2 heterocycles. The first kappa shape index (κ1) is 39.1. The van der Waals surface area contributed by atoms with Gasteiger partial charge in [-0.25, -0.2) is 0 Å². The van der Waals surface area contributed by atoms with Gasteiger partial charge in [0.2, 0.25) is 23.5 Å². The van der Waals surface area contributed by atoms with E-state index in [2.05, 4.69) is 36.4 Å². The molecule has 2 saturated carbocycles. The topological polar surface area (TPSA) is 150 Å². The normalized spacial score (nSPS) is 22.8. The Balaban J connectivity index is 1.34. The molecule has 1 saturated heterocycles. The van der Waals surface area contributed by atoms with Crippen molar-refractivity contribution in [1.82, 2.24) is 25.4 Å². The monoisotopic (exact) mass is 717 g/mol. The fraction of sp³-hybridized carbons (Fsp3) is 0.634. The van der Waals surface area contributed by atoms with Crippen LogP contribution in [0, 0.1) is 39.9 Å². The van der Waals surface area contributed by atoms with Gasteiger partial charge in [0.25, 0.3) is 5.91 Å². The van der Waals surface area contributed by atoms with Crippen molar-refractivity contribution >= 4 is 40.2 Å². The number of hydrogen-bond acceptors (Lipinski definition) is 6. The Morgan fingerprint density at radius 3 is 2.27 bits per heavy atom. The van der Waals surface area contributed by atoms with Gasteiger partial charge in [0.1, 0.15) is 6.04 Å². The van der Waals surface area contributed by atoms with Gasteiger partial charge in [0.15, 0.2) is 5.88 Å². The van der Waals surface area contributed by atoms with E-state index in [1.54, 1.807) is 9.47 Å². The number of ketones is 1. The Kier molecular flexibility index (Phi) is 11.0. The van der Waals surface area contributed by atoms with Crippen LogP contribution >= 0.6 is 0 Å². The summed E-state index contributed by atoms with van der Waals surface area (Å²) in [5, 5.41) is 21.2. The van der Waals surface area contributed by atoms with Gasteiger partial charge in [-0.2, -0.15) is 0 Å². The molecule has 1 aromatic carbocycles. The maximum Gasteiger partial charge on any atom is 0.289 e. The Bertz CT molecular complexity index is 1710. The smallest absolute Gasteiger partial charge is 0.289 e. The predicted molar refractivity (Wildman–Crippen MR) is 201 cm³/mol. The van der Waals surface area contributed by atoms with Crippen molar-refractivity contribution < 1.29 is 29.1 Å². The molecule has 3 fully saturated rings. The molecule has 11 heteroatoms. The third kappa shape index (κ3) is 8.08. The fourth-order valence-corrected chi connectivity index (χ4v) is 8.25. The Morgan fingerprint density at radius 1 is 1.02 bits per heavy atom. The highest BCUT2D eigenvalue weighted by atomic mass is 16.3. The highest BCUT2D eigenvalue weighted by Crippen LogP contribution is 2.65. The molecule has 2 aliphatic carbocycles. The number of fused-ring (bicyclic) bond motifs is 2. The molecule has 1 aromatic heterocycles. The van der Waals surface area contributed by atoms with E-state index in [-0.39, 0.29) is 65.3 Å². The Hall–Kier alpha value is -4.15. The molecule has 4 amide bonds. The Labute approximate surface area is 308 Å². The maximum atomic E-state index is 14.6. The van der Waals surface area contributed by atoms with E-state index < -0.39 is 41.0 Å². The highest BCUT2D eigenvalue weighted by molar-refractivity contribution is 6.38. The molecule has 0 spiro atoms. The van der Waals surface area contributed by atoms with Crippen molar-refractivity contribution in [2.75, 3.05) is 13.1 Å². The summed E-state index contributed by atoms with van der Waals surface area (Å²) in [4.78, 5) is 70.4. The molecule has 52 heavy (non-hydrogen) atoms. The van der Waals surface area contributed by atoms with Gasteiger partial charge in [-0.1, -0.05) is 98.9 Å². The number of aromatic nitrogens is 1. The van der Waals surface area contributed by atoms with Crippen LogP contribution in [0.2, 0.25) is 0 Å². The van der Waals surface area contributed by atoms with Gasteiger partial charge in [0, 0.05) is 43.0 Å². The van der Waals surface area contributed by atoms with Crippen LogP contribution in [0.1, 0.15) is 87.5 Å². The van der Waals surface area contributed by atoms with E-state index in [0.29, 0.717) is 19.5 Å². The zero-order chi connectivity index (χ0) is 38.3. The molecular weight excluding hydrogens is 658 g/mol. The summed E-state index contributed by atoms with van der Waals surface area (Å²) < 4.78 is 1.75. The lowest BCUT2D eigenvalue weighted by atomic mass is 9.77. The Morgan fingerprint density at radius 2 is 1.69 bits per heavy atom. The number of hydrogen-bond donors (Lipinski definition) is 4. The average Bonchev–Trinajstić information content (AvgIpc) is 3.33. The van der Waals surface area contributed by atoms with Crippen LogP contribution in [0.25, 0.3) is 10.8 Å². The quantitative estimate of drug-likeness (QED) is 0.160. The molecule has 0 bridgehead atoms. The van der Waals surface area contributed by atoms with Crippen LogP contribution in [0.4, 0.5) is 0 Å². The number of benzene rings is 1. The SMILES string of the molecule is C=CCNC(=O)C(=O)C(CC1CCC1)NC(=O)[C@@H]1[C@@H]2[C@H](CN1C(=O)[C@@H](CC(=O)N[C@H](Cn1cc3ccccc3c1O)C(C)(C)C)C(C)(C)C)C2(C)C. The third-order valence-electron chi connectivity index (χ3n) is 12.1. The van der Waals surface area contributed by atoms with Crippen LogP contribution in [-0.2, 0) is 30.5 Å². The van der Waals surface area contributed by atoms with Crippen molar-refractivity contribution in [3.63, 3.8) is 0 Å². The summed E-state index contributed by atoms with van der Waals surface area (Å²) in [5.74, 6) is -2.78. The lowest BCUT2D eigenvalue weighted by molar-refractivity contribution is -0.149. The van der Waals surface area contributed by atoms with Crippen LogP contribution in [0.15, 0.2) is 43.1 Å². The van der Waals surface area contributed by atoms with Gasteiger partial charge < -0.3 is 30.5 Å².